The maximum absolute atomic E-state index is 12.4. The zero-order valence-electron chi connectivity index (χ0n) is 9.82. The summed E-state index contributed by atoms with van der Waals surface area (Å²) in [6.45, 7) is 0.0604. The molecule has 0 aliphatic rings. The van der Waals surface area contributed by atoms with Crippen LogP contribution in [0.4, 0.5) is 24.8 Å². The molecule has 0 saturated carbocycles. The van der Waals surface area contributed by atoms with E-state index in [1.807, 2.05) is 0 Å². The quantitative estimate of drug-likeness (QED) is 0.662. The Morgan fingerprint density at radius 3 is 2.47 bits per heavy atom. The Bertz CT molecular complexity index is 546. The van der Waals surface area contributed by atoms with Gasteiger partial charge in [-0.2, -0.15) is 13.2 Å². The van der Waals surface area contributed by atoms with Crippen molar-refractivity contribution in [3.05, 3.63) is 11.9 Å². The van der Waals surface area contributed by atoms with Gasteiger partial charge in [-0.3, -0.25) is 0 Å². The van der Waals surface area contributed by atoms with Crippen molar-refractivity contribution in [3.63, 3.8) is 0 Å². The van der Waals surface area contributed by atoms with Crippen molar-refractivity contribution < 1.29 is 21.6 Å². The van der Waals surface area contributed by atoms with E-state index in [4.69, 9.17) is 5.73 Å². The molecule has 1 heterocycles. The number of rotatable bonds is 5. The van der Waals surface area contributed by atoms with Gasteiger partial charge in [-0.1, -0.05) is 0 Å². The highest BCUT2D eigenvalue weighted by molar-refractivity contribution is 7.88. The third-order valence-electron chi connectivity index (χ3n) is 1.79. The number of hydrogen-bond acceptors (Lipinski definition) is 6. The minimum Gasteiger partial charge on any atom is -0.384 e. The van der Waals surface area contributed by atoms with Crippen molar-refractivity contribution in [2.75, 3.05) is 30.4 Å². The topological polar surface area (TPSA) is 110 Å². The van der Waals surface area contributed by atoms with Crippen LogP contribution in [0.3, 0.4) is 0 Å². The highest BCUT2D eigenvalue weighted by Crippen LogP contribution is 2.27. The summed E-state index contributed by atoms with van der Waals surface area (Å²) >= 11 is 0. The van der Waals surface area contributed by atoms with Crippen LogP contribution in [0.1, 0.15) is 5.82 Å². The standard InChI is InChI=1S/C8H12F3N5O2S/c1-19(17,18)14-3-2-13-6-4-5(12)15-7(16-6)8(9,10)11/h4,14H,2-3H2,1H3,(H3,12,13,15,16). The molecule has 0 aliphatic heterocycles. The van der Waals surface area contributed by atoms with Crippen LogP contribution >= 0.6 is 0 Å². The lowest BCUT2D eigenvalue weighted by Gasteiger charge is -2.10. The Hall–Kier alpha value is -1.62. The van der Waals surface area contributed by atoms with Gasteiger partial charge >= 0.3 is 6.18 Å². The second-order valence-corrected chi connectivity index (χ2v) is 5.43. The maximum Gasteiger partial charge on any atom is 0.451 e. The SMILES string of the molecule is CS(=O)(=O)NCCNc1cc(N)nc(C(F)(F)F)n1. The molecule has 4 N–H and O–H groups in total. The molecule has 0 fully saturated rings. The van der Waals surface area contributed by atoms with Crippen molar-refractivity contribution in [1.82, 2.24) is 14.7 Å². The lowest BCUT2D eigenvalue weighted by Crippen LogP contribution is -2.28. The van der Waals surface area contributed by atoms with E-state index < -0.39 is 22.0 Å². The Labute approximate surface area is 107 Å². The summed E-state index contributed by atoms with van der Waals surface area (Å²) in [4.78, 5) is 6.30. The molecule has 0 unspecified atom stereocenters. The first-order valence-electron chi connectivity index (χ1n) is 4.98. The highest BCUT2D eigenvalue weighted by atomic mass is 32.2. The second kappa shape index (κ2) is 5.57. The van der Waals surface area contributed by atoms with Gasteiger partial charge in [0.2, 0.25) is 15.8 Å². The van der Waals surface area contributed by atoms with Crippen molar-refractivity contribution in [2.45, 2.75) is 6.18 Å². The minimum atomic E-state index is -4.70. The molecule has 7 nitrogen and oxygen atoms in total. The van der Waals surface area contributed by atoms with Gasteiger partial charge in [-0.25, -0.2) is 23.1 Å². The molecule has 11 heteroatoms. The molecule has 0 bridgehead atoms. The molecule has 1 rings (SSSR count). The van der Waals surface area contributed by atoms with Crippen molar-refractivity contribution in [3.8, 4) is 0 Å². The third kappa shape index (κ3) is 5.70. The zero-order chi connectivity index (χ0) is 14.7. The Morgan fingerprint density at radius 1 is 1.32 bits per heavy atom. The van der Waals surface area contributed by atoms with Crippen LogP contribution in [-0.4, -0.2) is 37.7 Å². The lowest BCUT2D eigenvalue weighted by molar-refractivity contribution is -0.144. The van der Waals surface area contributed by atoms with Crippen LogP contribution in [0.2, 0.25) is 0 Å². The van der Waals surface area contributed by atoms with Gasteiger partial charge in [0.05, 0.1) is 6.26 Å². The van der Waals surface area contributed by atoms with Crippen molar-refractivity contribution >= 4 is 21.7 Å². The fraction of sp³-hybridized carbons (Fsp3) is 0.500. The molecule has 0 radical (unpaired) electrons. The second-order valence-electron chi connectivity index (χ2n) is 3.59. The summed E-state index contributed by atoms with van der Waals surface area (Å²) in [7, 11) is -3.35. The molecule has 0 saturated heterocycles. The minimum absolute atomic E-state index is 0.00406. The molecule has 0 aromatic carbocycles. The normalized spacial score (nSPS) is 12.4. The number of hydrogen-bond donors (Lipinski definition) is 3. The summed E-state index contributed by atoms with van der Waals surface area (Å²) in [5.74, 6) is -1.82. The molecule has 0 spiro atoms. The average Bonchev–Trinajstić information content (AvgIpc) is 2.21. The number of halogens is 3. The van der Waals surface area contributed by atoms with E-state index in [-0.39, 0.29) is 24.7 Å². The zero-order valence-corrected chi connectivity index (χ0v) is 10.6. The van der Waals surface area contributed by atoms with E-state index in [0.29, 0.717) is 0 Å². The molecule has 108 valence electrons. The largest absolute Gasteiger partial charge is 0.451 e. The van der Waals surface area contributed by atoms with Gasteiger partial charge in [0.25, 0.3) is 0 Å². The number of anilines is 2. The van der Waals surface area contributed by atoms with Crippen molar-refractivity contribution in [2.24, 2.45) is 0 Å². The number of aromatic nitrogens is 2. The first-order chi connectivity index (χ1) is 8.58. The smallest absolute Gasteiger partial charge is 0.384 e. The fourth-order valence-corrected chi connectivity index (χ4v) is 1.58. The Balaban J connectivity index is 2.67. The first-order valence-corrected chi connectivity index (χ1v) is 6.87. The number of sulfonamides is 1. The molecule has 19 heavy (non-hydrogen) atoms. The summed E-state index contributed by atoms with van der Waals surface area (Å²) < 4.78 is 60.8. The first kappa shape index (κ1) is 15.4. The lowest BCUT2D eigenvalue weighted by atomic mass is 10.4. The maximum atomic E-state index is 12.4. The molecular formula is C8H12F3N5O2S. The summed E-state index contributed by atoms with van der Waals surface area (Å²) in [5, 5.41) is 2.51. The molecular weight excluding hydrogens is 287 g/mol. The van der Waals surface area contributed by atoms with Crippen LogP contribution in [-0.2, 0) is 16.2 Å². The third-order valence-corrected chi connectivity index (χ3v) is 2.52. The van der Waals surface area contributed by atoms with E-state index in [1.165, 1.54) is 0 Å². The Kier molecular flexibility index (Phi) is 4.52. The van der Waals surface area contributed by atoms with Gasteiger partial charge in [0.15, 0.2) is 0 Å². The van der Waals surface area contributed by atoms with Gasteiger partial charge in [0, 0.05) is 19.2 Å². The van der Waals surface area contributed by atoms with Crippen LogP contribution < -0.4 is 15.8 Å². The number of alkyl halides is 3. The molecule has 0 amide bonds. The molecule has 1 aromatic rings. The summed E-state index contributed by atoms with van der Waals surface area (Å²) in [6.07, 6.45) is -3.73. The van der Waals surface area contributed by atoms with E-state index in [1.54, 1.807) is 0 Å². The number of nitrogens with zero attached hydrogens (tertiary/aromatic N) is 2. The summed E-state index contributed by atoms with van der Waals surface area (Å²) in [5.41, 5.74) is 5.23. The van der Waals surface area contributed by atoms with E-state index in [2.05, 4.69) is 20.0 Å². The molecule has 1 aromatic heterocycles. The van der Waals surface area contributed by atoms with Crippen LogP contribution in [0.5, 0.6) is 0 Å². The monoisotopic (exact) mass is 299 g/mol. The van der Waals surface area contributed by atoms with Gasteiger partial charge in [-0.05, 0) is 0 Å². The van der Waals surface area contributed by atoms with Gasteiger partial charge in [0.1, 0.15) is 11.6 Å². The molecule has 0 atom stereocenters. The van der Waals surface area contributed by atoms with Crippen molar-refractivity contribution in [1.29, 1.82) is 0 Å². The van der Waals surface area contributed by atoms with Crippen LogP contribution in [0, 0.1) is 0 Å². The highest BCUT2D eigenvalue weighted by Gasteiger charge is 2.35. The van der Waals surface area contributed by atoms with Crippen LogP contribution in [0.15, 0.2) is 6.07 Å². The predicted molar refractivity (Wildman–Crippen MR) is 62.8 cm³/mol. The number of nitrogens with one attached hydrogen (secondary N) is 2. The fourth-order valence-electron chi connectivity index (χ4n) is 1.11. The van der Waals surface area contributed by atoms with E-state index in [9.17, 15) is 21.6 Å². The number of nitrogens with two attached hydrogens (primary N) is 1. The van der Waals surface area contributed by atoms with Gasteiger partial charge < -0.3 is 11.1 Å². The average molecular weight is 299 g/mol. The molecule has 0 aliphatic carbocycles. The predicted octanol–water partition coefficient (Wildman–Crippen LogP) is 0.0387. The van der Waals surface area contributed by atoms with Gasteiger partial charge in [-0.15, -0.1) is 0 Å². The van der Waals surface area contributed by atoms with E-state index in [0.717, 1.165) is 12.3 Å². The Morgan fingerprint density at radius 2 is 1.95 bits per heavy atom. The number of nitrogen functional groups attached to an aromatic ring is 1. The van der Waals surface area contributed by atoms with E-state index >= 15 is 0 Å². The summed E-state index contributed by atoms with van der Waals surface area (Å²) in [6, 6.07) is 1.12. The van der Waals surface area contributed by atoms with Crippen LogP contribution in [0.25, 0.3) is 0 Å².